The minimum Gasteiger partial charge on any atom is -0.366 e. The highest BCUT2D eigenvalue weighted by Crippen LogP contribution is 2.35. The number of rotatable bonds is 7. The van der Waals surface area contributed by atoms with Crippen LogP contribution in [-0.2, 0) is 19.1 Å². The third-order valence-corrected chi connectivity index (χ3v) is 5.92. The number of amides is 1. The predicted octanol–water partition coefficient (Wildman–Crippen LogP) is 6.83. The van der Waals surface area contributed by atoms with Gasteiger partial charge in [0.2, 0.25) is 5.91 Å². The fourth-order valence-corrected chi connectivity index (χ4v) is 4.39. The number of unbranched alkanes of at least 4 members (excludes halogenated alkanes) is 2. The zero-order valence-electron chi connectivity index (χ0n) is 18.2. The van der Waals surface area contributed by atoms with Crippen molar-refractivity contribution in [1.29, 1.82) is 0 Å². The molecule has 3 aromatic carbocycles. The van der Waals surface area contributed by atoms with Gasteiger partial charge < -0.3 is 10.3 Å². The summed E-state index contributed by atoms with van der Waals surface area (Å²) in [6.07, 6.45) is -0.578. The lowest BCUT2D eigenvalue weighted by molar-refractivity contribution is -0.137. The number of carbonyl (C=O) groups is 1. The van der Waals surface area contributed by atoms with Crippen molar-refractivity contribution >= 4 is 27.7 Å². The largest absolute Gasteiger partial charge is 0.416 e. The van der Waals surface area contributed by atoms with E-state index in [0.717, 1.165) is 54.3 Å². The molecule has 1 aromatic heterocycles. The van der Waals surface area contributed by atoms with E-state index in [1.54, 1.807) is 18.2 Å². The number of aryl methyl sites for hydroxylation is 1. The van der Waals surface area contributed by atoms with Crippen LogP contribution in [0.5, 0.6) is 0 Å². The lowest BCUT2D eigenvalue weighted by Crippen LogP contribution is -2.11. The molecule has 0 bridgehead atoms. The second-order valence-corrected chi connectivity index (χ2v) is 8.30. The first-order valence-corrected chi connectivity index (χ1v) is 10.9. The average Bonchev–Trinajstić information content (AvgIpc) is 3.06. The van der Waals surface area contributed by atoms with E-state index < -0.39 is 23.5 Å². The topological polar surface area (TPSA) is 48.0 Å². The lowest BCUT2D eigenvalue weighted by atomic mass is 10.0. The molecule has 0 unspecified atom stereocenters. The molecule has 0 aliphatic heterocycles. The Labute approximate surface area is 188 Å². The molecule has 7 heteroatoms. The summed E-state index contributed by atoms with van der Waals surface area (Å²) in [6.45, 7) is 2.14. The molecule has 172 valence electrons. The number of hydrogen-bond donors (Lipinski definition) is 1. The smallest absolute Gasteiger partial charge is 0.366 e. The highest BCUT2D eigenvalue weighted by Gasteiger charge is 2.31. The number of nitrogens with zero attached hydrogens (tertiary/aromatic N) is 1. The van der Waals surface area contributed by atoms with Gasteiger partial charge in [-0.1, -0.05) is 38.0 Å². The van der Waals surface area contributed by atoms with Crippen LogP contribution in [0, 0.1) is 5.82 Å². The molecule has 1 amide bonds. The molecule has 33 heavy (non-hydrogen) atoms. The molecule has 1 heterocycles. The summed E-state index contributed by atoms with van der Waals surface area (Å²) in [4.78, 5) is 12.1. The van der Waals surface area contributed by atoms with Gasteiger partial charge in [-0.3, -0.25) is 4.79 Å². The van der Waals surface area contributed by atoms with Gasteiger partial charge in [0.15, 0.2) is 0 Å². The molecular formula is C26H24F4N2O. The van der Waals surface area contributed by atoms with E-state index in [0.29, 0.717) is 22.5 Å². The van der Waals surface area contributed by atoms with Crippen LogP contribution in [0.4, 0.5) is 17.6 Å². The number of hydrogen-bond acceptors (Lipinski definition) is 1. The van der Waals surface area contributed by atoms with E-state index >= 15 is 0 Å². The molecule has 0 aliphatic rings. The van der Waals surface area contributed by atoms with Gasteiger partial charge in [0, 0.05) is 28.4 Å². The normalized spacial score (nSPS) is 12.0. The Hall–Kier alpha value is -3.35. The van der Waals surface area contributed by atoms with Crippen molar-refractivity contribution in [3.63, 3.8) is 0 Å². The van der Waals surface area contributed by atoms with Gasteiger partial charge >= 0.3 is 6.18 Å². The lowest BCUT2D eigenvalue weighted by Gasteiger charge is -2.12. The van der Waals surface area contributed by atoms with Crippen LogP contribution in [-0.4, -0.2) is 10.5 Å². The molecule has 4 aromatic rings. The van der Waals surface area contributed by atoms with Crippen LogP contribution < -0.4 is 5.73 Å². The van der Waals surface area contributed by atoms with Gasteiger partial charge in [-0.2, -0.15) is 13.2 Å². The van der Waals surface area contributed by atoms with Crippen LogP contribution in [0.3, 0.4) is 0 Å². The van der Waals surface area contributed by atoms with Crippen LogP contribution in [0.15, 0.2) is 54.6 Å². The Kier molecular flexibility index (Phi) is 6.15. The average molecular weight is 456 g/mol. The van der Waals surface area contributed by atoms with Crippen molar-refractivity contribution in [1.82, 2.24) is 4.57 Å². The van der Waals surface area contributed by atoms with Gasteiger partial charge in [0.1, 0.15) is 5.82 Å². The summed E-state index contributed by atoms with van der Waals surface area (Å²) < 4.78 is 55.6. The van der Waals surface area contributed by atoms with E-state index in [1.165, 1.54) is 0 Å². The molecule has 0 fully saturated rings. The van der Waals surface area contributed by atoms with E-state index in [2.05, 4.69) is 6.92 Å². The second-order valence-electron chi connectivity index (χ2n) is 8.30. The maximum Gasteiger partial charge on any atom is 0.416 e. The third-order valence-electron chi connectivity index (χ3n) is 5.92. The maximum atomic E-state index is 14.1. The number of benzene rings is 3. The summed E-state index contributed by atoms with van der Waals surface area (Å²) in [6, 6.07) is 13.6. The number of halogens is 4. The molecule has 0 atom stereocenters. The summed E-state index contributed by atoms with van der Waals surface area (Å²) >= 11 is 0. The molecule has 0 aliphatic carbocycles. The maximum absolute atomic E-state index is 14.1. The number of alkyl halides is 3. The highest BCUT2D eigenvalue weighted by atomic mass is 19.4. The molecule has 0 radical (unpaired) electrons. The molecule has 0 saturated heterocycles. The van der Waals surface area contributed by atoms with Gasteiger partial charge in [-0.15, -0.1) is 0 Å². The molecule has 2 N–H and O–H groups in total. The van der Waals surface area contributed by atoms with Crippen molar-refractivity contribution < 1.29 is 22.4 Å². The summed E-state index contributed by atoms with van der Waals surface area (Å²) in [7, 11) is 0. The van der Waals surface area contributed by atoms with Crippen molar-refractivity contribution in [3.05, 3.63) is 82.7 Å². The third kappa shape index (κ3) is 4.58. The number of aromatic nitrogens is 1. The van der Waals surface area contributed by atoms with Gasteiger partial charge in [0.25, 0.3) is 0 Å². The fourth-order valence-electron chi connectivity index (χ4n) is 4.39. The fraction of sp³-hybridized carbons (Fsp3) is 0.269. The zero-order valence-corrected chi connectivity index (χ0v) is 18.2. The second kappa shape index (κ2) is 8.89. The van der Waals surface area contributed by atoms with E-state index in [4.69, 9.17) is 5.73 Å². The standard InChI is InChI=1S/C26H24F4N2O/c1-2-3-4-6-16-9-10-20-23(13-16)32(22-8-5-7-21(24(20)22)25(31)33)15-17-11-18(26(28,29)30)14-19(27)12-17/h5,7-14H,2-4,6,15H2,1H3,(H2,31,33). The van der Waals surface area contributed by atoms with E-state index in [1.807, 2.05) is 22.8 Å². The number of fused-ring (bicyclic) bond motifs is 3. The SMILES string of the molecule is CCCCCc1ccc2c3c(C(N)=O)cccc3n(Cc3cc(F)cc(C(F)(F)F)c3)c2c1. The Morgan fingerprint density at radius 3 is 2.45 bits per heavy atom. The minimum atomic E-state index is -4.65. The van der Waals surface area contributed by atoms with Crippen LogP contribution in [0.1, 0.15) is 53.2 Å². The zero-order chi connectivity index (χ0) is 23.8. The Morgan fingerprint density at radius 2 is 1.76 bits per heavy atom. The van der Waals surface area contributed by atoms with Crippen molar-refractivity contribution in [3.8, 4) is 0 Å². The Bertz CT molecular complexity index is 1340. The van der Waals surface area contributed by atoms with Crippen molar-refractivity contribution in [2.75, 3.05) is 0 Å². The molecule has 0 spiro atoms. The molecule has 0 saturated carbocycles. The molecule has 4 rings (SSSR count). The van der Waals surface area contributed by atoms with Gasteiger partial charge in [-0.25, -0.2) is 4.39 Å². The van der Waals surface area contributed by atoms with E-state index in [9.17, 15) is 22.4 Å². The Balaban J connectivity index is 1.92. The monoisotopic (exact) mass is 456 g/mol. The first kappa shape index (κ1) is 22.8. The highest BCUT2D eigenvalue weighted by molar-refractivity contribution is 6.18. The number of nitrogens with two attached hydrogens (primary N) is 1. The van der Waals surface area contributed by atoms with Gasteiger partial charge in [0.05, 0.1) is 11.1 Å². The van der Waals surface area contributed by atoms with Crippen LogP contribution in [0.25, 0.3) is 21.8 Å². The van der Waals surface area contributed by atoms with Crippen molar-refractivity contribution in [2.24, 2.45) is 5.73 Å². The molecular weight excluding hydrogens is 432 g/mol. The predicted molar refractivity (Wildman–Crippen MR) is 122 cm³/mol. The quantitative estimate of drug-likeness (QED) is 0.240. The minimum absolute atomic E-state index is 0.0153. The van der Waals surface area contributed by atoms with Gasteiger partial charge in [-0.05, 0) is 60.4 Å². The Morgan fingerprint density at radius 1 is 0.970 bits per heavy atom. The molecule has 3 nitrogen and oxygen atoms in total. The first-order chi connectivity index (χ1) is 15.7. The summed E-state index contributed by atoms with van der Waals surface area (Å²) in [5.41, 5.74) is 7.62. The number of primary amides is 1. The first-order valence-electron chi connectivity index (χ1n) is 10.9. The van der Waals surface area contributed by atoms with Crippen LogP contribution >= 0.6 is 0 Å². The van der Waals surface area contributed by atoms with Crippen LogP contribution in [0.2, 0.25) is 0 Å². The summed E-state index contributed by atoms with van der Waals surface area (Å²) in [5, 5.41) is 1.43. The number of carbonyl (C=O) groups excluding carboxylic acids is 1. The van der Waals surface area contributed by atoms with E-state index in [-0.39, 0.29) is 12.1 Å². The van der Waals surface area contributed by atoms with Crippen molar-refractivity contribution in [2.45, 2.75) is 45.3 Å². The summed E-state index contributed by atoms with van der Waals surface area (Å²) in [5.74, 6) is -1.53.